The van der Waals surface area contributed by atoms with Crippen LogP contribution in [0.25, 0.3) is 0 Å². The van der Waals surface area contributed by atoms with Crippen molar-refractivity contribution in [3.8, 4) is 0 Å². The lowest BCUT2D eigenvalue weighted by Crippen LogP contribution is -2.49. The number of aldehydes is 1. The van der Waals surface area contributed by atoms with Crippen LogP contribution < -0.4 is 0 Å². The Morgan fingerprint density at radius 2 is 2.04 bits per heavy atom. The molecule has 0 N–H and O–H groups in total. The largest absolute Gasteiger partial charge is 0.469 e. The van der Waals surface area contributed by atoms with Gasteiger partial charge in [-0.05, 0) is 73.5 Å². The van der Waals surface area contributed by atoms with E-state index < -0.39 is 0 Å². The maximum absolute atomic E-state index is 12.3. The topological polar surface area (TPSA) is 43.4 Å². The Bertz CT molecular complexity index is 608. The van der Waals surface area contributed by atoms with Crippen molar-refractivity contribution in [2.45, 2.75) is 65.2 Å². The van der Waals surface area contributed by atoms with Crippen LogP contribution in [0.2, 0.25) is 0 Å². The number of carbonyl (C=O) groups is 2. The number of hydrogen-bond donors (Lipinski definition) is 0. The van der Waals surface area contributed by atoms with Gasteiger partial charge in [-0.25, -0.2) is 0 Å². The average Bonchev–Trinajstić information content (AvgIpc) is 2.92. The van der Waals surface area contributed by atoms with Crippen LogP contribution in [0.1, 0.15) is 65.2 Å². The summed E-state index contributed by atoms with van der Waals surface area (Å²) in [6.45, 7) is 4.78. The van der Waals surface area contributed by atoms with Gasteiger partial charge >= 0.3 is 5.97 Å². The lowest BCUT2D eigenvalue weighted by atomic mass is 9.47. The summed E-state index contributed by atoms with van der Waals surface area (Å²) in [5.74, 6) is 1.25. The number of hydrogen-bond acceptors (Lipinski definition) is 3. The first-order chi connectivity index (χ1) is 12.0. The van der Waals surface area contributed by atoms with Gasteiger partial charge in [0, 0.05) is 5.92 Å². The highest BCUT2D eigenvalue weighted by Gasteiger charge is 2.62. The highest BCUT2D eigenvalue weighted by atomic mass is 16.5. The molecule has 25 heavy (non-hydrogen) atoms. The second-order valence-electron chi connectivity index (χ2n) is 9.54. The van der Waals surface area contributed by atoms with Gasteiger partial charge in [0.05, 0.1) is 13.0 Å². The highest BCUT2D eigenvalue weighted by molar-refractivity contribution is 5.78. The minimum Gasteiger partial charge on any atom is -0.469 e. The lowest BCUT2D eigenvalue weighted by molar-refractivity contribution is -0.148. The van der Waals surface area contributed by atoms with Crippen LogP contribution in [-0.4, -0.2) is 19.4 Å². The third-order valence-electron chi connectivity index (χ3n) is 8.81. The van der Waals surface area contributed by atoms with Crippen LogP contribution in [0.3, 0.4) is 0 Å². The second-order valence-corrected chi connectivity index (χ2v) is 9.54. The van der Waals surface area contributed by atoms with Crippen LogP contribution in [0.5, 0.6) is 0 Å². The van der Waals surface area contributed by atoms with Crippen molar-refractivity contribution >= 4 is 12.3 Å². The summed E-state index contributed by atoms with van der Waals surface area (Å²) in [5, 5.41) is 0. The van der Waals surface area contributed by atoms with Gasteiger partial charge in [-0.15, -0.1) is 0 Å². The molecule has 4 rings (SSSR count). The molecule has 138 valence electrons. The van der Waals surface area contributed by atoms with Crippen molar-refractivity contribution in [3.63, 3.8) is 0 Å². The molecular formula is C22H32O3. The molecule has 0 heterocycles. The molecule has 3 saturated carbocycles. The molecule has 0 aliphatic heterocycles. The number of allylic oxidation sites excluding steroid dienone is 2. The zero-order valence-corrected chi connectivity index (χ0v) is 15.9. The highest BCUT2D eigenvalue weighted by Crippen LogP contribution is 2.67. The summed E-state index contributed by atoms with van der Waals surface area (Å²) >= 11 is 0. The van der Waals surface area contributed by atoms with Crippen molar-refractivity contribution in [2.75, 3.05) is 7.11 Å². The lowest BCUT2D eigenvalue weighted by Gasteiger charge is -2.57. The predicted molar refractivity (Wildman–Crippen MR) is 96.8 cm³/mol. The number of carbonyl (C=O) groups excluding carboxylic acids is 2. The quantitative estimate of drug-likeness (QED) is 0.419. The van der Waals surface area contributed by atoms with Crippen molar-refractivity contribution < 1.29 is 14.3 Å². The van der Waals surface area contributed by atoms with Gasteiger partial charge in [-0.1, -0.05) is 31.9 Å². The fraction of sp³-hybridized carbons (Fsp3) is 0.818. The summed E-state index contributed by atoms with van der Waals surface area (Å²) in [5.41, 5.74) is 2.04. The second kappa shape index (κ2) is 5.96. The summed E-state index contributed by atoms with van der Waals surface area (Å²) in [4.78, 5) is 24.3. The number of fused-ring (bicyclic) bond motifs is 5. The van der Waals surface area contributed by atoms with Gasteiger partial charge in [0.25, 0.3) is 0 Å². The third-order valence-corrected chi connectivity index (χ3v) is 8.81. The minimum atomic E-state index is -0.235. The predicted octanol–water partition coefficient (Wildman–Crippen LogP) is 4.55. The van der Waals surface area contributed by atoms with Crippen LogP contribution in [-0.2, 0) is 14.3 Å². The molecule has 3 nitrogen and oxygen atoms in total. The van der Waals surface area contributed by atoms with Crippen LogP contribution in [0.15, 0.2) is 11.6 Å². The fourth-order valence-electron chi connectivity index (χ4n) is 7.43. The normalized spacial score (nSPS) is 48.6. The van der Waals surface area contributed by atoms with Gasteiger partial charge in [0.15, 0.2) is 0 Å². The molecule has 0 amide bonds. The van der Waals surface area contributed by atoms with E-state index in [4.69, 9.17) is 4.74 Å². The molecule has 0 bridgehead atoms. The van der Waals surface area contributed by atoms with Gasteiger partial charge in [0.1, 0.15) is 6.29 Å². The molecule has 2 unspecified atom stereocenters. The maximum Gasteiger partial charge on any atom is 0.309 e. The zero-order chi connectivity index (χ0) is 17.8. The van der Waals surface area contributed by atoms with Crippen LogP contribution in [0, 0.1) is 40.4 Å². The van der Waals surface area contributed by atoms with E-state index in [0.29, 0.717) is 17.3 Å². The van der Waals surface area contributed by atoms with Gasteiger partial charge in [0.2, 0.25) is 0 Å². The summed E-state index contributed by atoms with van der Waals surface area (Å²) < 4.78 is 5.05. The Kier molecular flexibility index (Phi) is 4.12. The Balaban J connectivity index is 1.69. The minimum absolute atomic E-state index is 0.0296. The number of rotatable bonds is 2. The van der Waals surface area contributed by atoms with Crippen molar-refractivity contribution in [3.05, 3.63) is 11.6 Å². The smallest absolute Gasteiger partial charge is 0.309 e. The van der Waals surface area contributed by atoms with Crippen molar-refractivity contribution in [1.29, 1.82) is 0 Å². The first-order valence-electron chi connectivity index (χ1n) is 10.2. The number of esters is 1. The molecule has 0 saturated heterocycles. The molecule has 0 aromatic carbocycles. The van der Waals surface area contributed by atoms with E-state index in [9.17, 15) is 9.59 Å². The molecule has 4 aliphatic rings. The summed E-state index contributed by atoms with van der Waals surface area (Å²) in [6, 6.07) is 0. The molecule has 0 spiro atoms. The Labute approximate surface area is 151 Å². The van der Waals surface area contributed by atoms with E-state index >= 15 is 0 Å². The summed E-state index contributed by atoms with van der Waals surface area (Å²) in [6.07, 6.45) is 13.2. The Hall–Kier alpha value is -1.12. The molecule has 0 radical (unpaired) electrons. The molecule has 0 aromatic heterocycles. The molecule has 4 aliphatic carbocycles. The SMILES string of the molecule is COC(=O)C1C[C@H]2[C@@H]3CC=C4CCCC[C@]4(C)[C@H]3CC[C@]2(C)C1C=O. The molecular weight excluding hydrogens is 312 g/mol. The van der Waals surface area contributed by atoms with Crippen LogP contribution in [0.4, 0.5) is 0 Å². The van der Waals surface area contributed by atoms with E-state index in [1.165, 1.54) is 39.2 Å². The standard InChI is InChI=1S/C22H32O3/c1-21-10-5-4-6-14(21)7-8-15-17(21)9-11-22(2)18(15)12-16(19(22)13-23)20(24)25-3/h7,13,15-19H,4-6,8-12H2,1-3H3/t15-,16?,17+,18+,19?,21+,22+/m1/s1. The third kappa shape index (κ3) is 2.30. The van der Waals surface area contributed by atoms with E-state index in [0.717, 1.165) is 31.5 Å². The maximum atomic E-state index is 12.3. The van der Waals surface area contributed by atoms with Gasteiger partial charge < -0.3 is 9.53 Å². The molecule has 7 atom stereocenters. The first-order valence-corrected chi connectivity index (χ1v) is 10.2. The molecule has 0 aromatic rings. The average molecular weight is 344 g/mol. The number of ether oxygens (including phenoxy) is 1. The Morgan fingerprint density at radius 1 is 1.24 bits per heavy atom. The van der Waals surface area contributed by atoms with E-state index in [1.54, 1.807) is 5.57 Å². The van der Waals surface area contributed by atoms with Crippen LogP contribution >= 0.6 is 0 Å². The van der Waals surface area contributed by atoms with Crippen molar-refractivity contribution in [2.24, 2.45) is 40.4 Å². The van der Waals surface area contributed by atoms with Gasteiger partial charge in [-0.2, -0.15) is 0 Å². The van der Waals surface area contributed by atoms with E-state index in [2.05, 4.69) is 19.9 Å². The van der Waals surface area contributed by atoms with E-state index in [-0.39, 0.29) is 23.2 Å². The van der Waals surface area contributed by atoms with Gasteiger partial charge in [-0.3, -0.25) is 4.79 Å². The van der Waals surface area contributed by atoms with E-state index in [1.807, 2.05) is 0 Å². The molecule has 3 fully saturated rings. The zero-order valence-electron chi connectivity index (χ0n) is 15.9. The molecule has 3 heteroatoms. The summed E-state index contributed by atoms with van der Waals surface area (Å²) in [7, 11) is 1.45. The van der Waals surface area contributed by atoms with Crippen molar-refractivity contribution in [1.82, 2.24) is 0 Å². The Morgan fingerprint density at radius 3 is 2.76 bits per heavy atom. The first kappa shape index (κ1) is 17.3. The fourth-order valence-corrected chi connectivity index (χ4v) is 7.43. The monoisotopic (exact) mass is 344 g/mol. The number of methoxy groups -OCH3 is 1.